The van der Waals surface area contributed by atoms with Gasteiger partial charge in [-0.15, -0.1) is 0 Å². The first-order valence-corrected chi connectivity index (χ1v) is 17.4. The summed E-state index contributed by atoms with van der Waals surface area (Å²) < 4.78 is 13.4. The SMILES string of the molecule is CCC[CH2][Sn]([CH2]CCC)([O]C(=O)/C=C/c1ccccc1)[O]C(=O)/C=C/c1ccccc1. The summed E-state index contributed by atoms with van der Waals surface area (Å²) in [6, 6.07) is 19.2. The summed E-state index contributed by atoms with van der Waals surface area (Å²) in [5, 5.41) is 0. The Kier molecular flexibility index (Phi) is 11.1. The van der Waals surface area contributed by atoms with E-state index in [1.807, 2.05) is 60.7 Å². The maximum absolute atomic E-state index is 12.7. The molecule has 4 nitrogen and oxygen atoms in total. The monoisotopic (exact) mass is 528 g/mol. The average Bonchev–Trinajstić information content (AvgIpc) is 2.80. The molecule has 0 saturated heterocycles. The molecule has 5 heteroatoms. The Morgan fingerprint density at radius 2 is 1.10 bits per heavy atom. The molecule has 2 aromatic rings. The van der Waals surface area contributed by atoms with Crippen LogP contribution in [-0.2, 0) is 15.7 Å². The van der Waals surface area contributed by atoms with Crippen LogP contribution in [-0.4, -0.2) is 31.1 Å². The van der Waals surface area contributed by atoms with Gasteiger partial charge < -0.3 is 0 Å². The minimum atomic E-state index is -3.95. The molecular formula is C26H32O4Sn. The van der Waals surface area contributed by atoms with Crippen molar-refractivity contribution in [3.05, 3.63) is 83.9 Å². The molecule has 0 saturated carbocycles. The molecule has 0 aromatic heterocycles. The predicted octanol–water partition coefficient (Wildman–Crippen LogP) is 6.54. The Balaban J connectivity index is 2.15. The summed E-state index contributed by atoms with van der Waals surface area (Å²) >= 11 is -3.95. The van der Waals surface area contributed by atoms with Crippen molar-refractivity contribution in [3.8, 4) is 0 Å². The molecule has 0 radical (unpaired) electrons. The quantitative estimate of drug-likeness (QED) is 0.232. The van der Waals surface area contributed by atoms with Crippen LogP contribution < -0.4 is 0 Å². The van der Waals surface area contributed by atoms with Crippen molar-refractivity contribution >= 4 is 43.3 Å². The number of rotatable bonds is 12. The van der Waals surface area contributed by atoms with Crippen molar-refractivity contribution in [2.75, 3.05) is 0 Å². The zero-order valence-corrected chi connectivity index (χ0v) is 21.3. The van der Waals surface area contributed by atoms with E-state index in [9.17, 15) is 9.59 Å². The fraction of sp³-hybridized carbons (Fsp3) is 0.308. The van der Waals surface area contributed by atoms with Gasteiger partial charge in [-0.25, -0.2) is 0 Å². The van der Waals surface area contributed by atoms with Gasteiger partial charge in [0.25, 0.3) is 0 Å². The summed E-state index contributed by atoms with van der Waals surface area (Å²) in [5.41, 5.74) is 1.84. The maximum atomic E-state index is 12.7. The second-order valence-corrected chi connectivity index (χ2v) is 16.7. The molecule has 0 bridgehead atoms. The summed E-state index contributed by atoms with van der Waals surface area (Å²) in [6.07, 6.45) is 10.0. The molecule has 0 fully saturated rings. The Labute approximate surface area is 190 Å². The van der Waals surface area contributed by atoms with Crippen LogP contribution in [0.5, 0.6) is 0 Å². The molecule has 2 aromatic carbocycles. The Hall–Kier alpha value is -2.34. The van der Waals surface area contributed by atoms with E-state index >= 15 is 0 Å². The van der Waals surface area contributed by atoms with E-state index in [1.54, 1.807) is 12.2 Å². The summed E-state index contributed by atoms with van der Waals surface area (Å²) in [7, 11) is 0. The zero-order valence-electron chi connectivity index (χ0n) is 18.5. The molecule has 0 spiro atoms. The first kappa shape index (κ1) is 24.9. The van der Waals surface area contributed by atoms with Gasteiger partial charge in [-0.2, -0.15) is 0 Å². The minimum absolute atomic E-state index is 0.424. The first-order valence-electron chi connectivity index (χ1n) is 11.0. The van der Waals surface area contributed by atoms with Crippen LogP contribution in [0.3, 0.4) is 0 Å². The first-order chi connectivity index (χ1) is 15.1. The van der Waals surface area contributed by atoms with Gasteiger partial charge in [0.05, 0.1) is 0 Å². The van der Waals surface area contributed by atoms with Crippen LogP contribution in [0, 0.1) is 0 Å². The van der Waals surface area contributed by atoms with Crippen LogP contribution in [0.25, 0.3) is 12.2 Å². The number of unbranched alkanes of at least 4 members (excludes halogenated alkanes) is 2. The van der Waals surface area contributed by atoms with Crippen molar-refractivity contribution in [1.82, 2.24) is 0 Å². The van der Waals surface area contributed by atoms with E-state index in [2.05, 4.69) is 13.8 Å². The van der Waals surface area contributed by atoms with Crippen LogP contribution in [0.15, 0.2) is 72.8 Å². The van der Waals surface area contributed by atoms with Gasteiger partial charge in [-0.3, -0.25) is 0 Å². The van der Waals surface area contributed by atoms with E-state index in [0.717, 1.165) is 36.8 Å². The van der Waals surface area contributed by atoms with Crippen molar-refractivity contribution in [1.29, 1.82) is 0 Å². The topological polar surface area (TPSA) is 52.6 Å². The van der Waals surface area contributed by atoms with Gasteiger partial charge in [0, 0.05) is 0 Å². The van der Waals surface area contributed by atoms with Gasteiger partial charge in [0.1, 0.15) is 0 Å². The van der Waals surface area contributed by atoms with Gasteiger partial charge >= 0.3 is 191 Å². The summed E-state index contributed by atoms with van der Waals surface area (Å²) in [5.74, 6) is -0.849. The predicted molar refractivity (Wildman–Crippen MR) is 128 cm³/mol. The Morgan fingerprint density at radius 3 is 1.45 bits per heavy atom. The van der Waals surface area contributed by atoms with E-state index < -0.39 is 31.1 Å². The number of hydrogen-bond acceptors (Lipinski definition) is 4. The Bertz CT molecular complexity index is 786. The van der Waals surface area contributed by atoms with E-state index in [-0.39, 0.29) is 0 Å². The number of hydrogen-bond donors (Lipinski definition) is 0. The fourth-order valence-electron chi connectivity index (χ4n) is 3.13. The molecular weight excluding hydrogens is 495 g/mol. The van der Waals surface area contributed by atoms with Gasteiger partial charge in [0.15, 0.2) is 0 Å². The third kappa shape index (κ3) is 9.55. The molecule has 2 rings (SSSR count). The standard InChI is InChI=1S/2C9H8O2.2C4H9.Sn/c2*10-9(11)7-6-8-4-2-1-3-5-8;2*1-3-4-2;/h2*1-7H,(H,10,11);2*1,3-4H2,2H3;/q;;;;+2/p-2/b2*7-6+;;;. The van der Waals surface area contributed by atoms with Gasteiger partial charge in [0.2, 0.25) is 0 Å². The second-order valence-electron chi connectivity index (χ2n) is 7.45. The molecule has 0 unspecified atom stereocenters. The van der Waals surface area contributed by atoms with Crippen molar-refractivity contribution < 1.29 is 15.7 Å². The molecule has 0 heterocycles. The molecule has 0 aliphatic rings. The third-order valence-corrected chi connectivity index (χ3v) is 14.5. The fourth-order valence-corrected chi connectivity index (χ4v) is 12.7. The van der Waals surface area contributed by atoms with E-state index in [0.29, 0.717) is 8.87 Å². The van der Waals surface area contributed by atoms with Crippen LogP contribution >= 0.6 is 0 Å². The van der Waals surface area contributed by atoms with Crippen molar-refractivity contribution in [2.45, 2.75) is 48.4 Å². The van der Waals surface area contributed by atoms with E-state index in [4.69, 9.17) is 6.15 Å². The third-order valence-electron chi connectivity index (χ3n) is 4.82. The molecule has 0 aliphatic carbocycles. The van der Waals surface area contributed by atoms with Crippen LogP contribution in [0.2, 0.25) is 8.87 Å². The normalized spacial score (nSPS) is 11.7. The van der Waals surface area contributed by atoms with Crippen LogP contribution in [0.1, 0.15) is 50.7 Å². The van der Waals surface area contributed by atoms with Crippen LogP contribution in [0.4, 0.5) is 0 Å². The van der Waals surface area contributed by atoms with Crippen molar-refractivity contribution in [2.24, 2.45) is 0 Å². The molecule has 0 N–H and O–H groups in total. The van der Waals surface area contributed by atoms with Gasteiger partial charge in [-0.05, 0) is 0 Å². The zero-order chi connectivity index (χ0) is 22.4. The number of benzene rings is 2. The average molecular weight is 527 g/mol. The Morgan fingerprint density at radius 1 is 0.710 bits per heavy atom. The second kappa shape index (κ2) is 13.9. The molecule has 0 amide bonds. The summed E-state index contributed by atoms with van der Waals surface area (Å²) in [4.78, 5) is 25.3. The van der Waals surface area contributed by atoms with Crippen molar-refractivity contribution in [3.63, 3.8) is 0 Å². The van der Waals surface area contributed by atoms with Gasteiger partial charge in [-0.1, -0.05) is 0 Å². The summed E-state index contributed by atoms with van der Waals surface area (Å²) in [6.45, 7) is 4.18. The molecule has 31 heavy (non-hydrogen) atoms. The van der Waals surface area contributed by atoms with E-state index in [1.165, 1.54) is 12.2 Å². The molecule has 0 atom stereocenters. The molecule has 0 aliphatic heterocycles. The molecule has 164 valence electrons. The number of carbonyl (C=O) groups is 2. The number of carbonyl (C=O) groups excluding carboxylic acids is 2.